The predicted octanol–water partition coefficient (Wildman–Crippen LogP) is 3.52. The van der Waals surface area contributed by atoms with Gasteiger partial charge in [0.25, 0.3) is 0 Å². The highest BCUT2D eigenvalue weighted by atomic mass is 32.1. The first kappa shape index (κ1) is 14.3. The van der Waals surface area contributed by atoms with E-state index in [1.54, 1.807) is 0 Å². The average molecular weight is 275 g/mol. The van der Waals surface area contributed by atoms with Gasteiger partial charge in [-0.3, -0.25) is 0 Å². The molecule has 0 fully saturated rings. The van der Waals surface area contributed by atoms with Gasteiger partial charge in [0.05, 0.1) is 6.10 Å². The van der Waals surface area contributed by atoms with Crippen LogP contribution in [0.1, 0.15) is 35.3 Å². The van der Waals surface area contributed by atoms with Crippen LogP contribution in [0, 0.1) is 0 Å². The number of thiophene rings is 1. The molecule has 2 unspecified atom stereocenters. The van der Waals surface area contributed by atoms with Gasteiger partial charge < -0.3 is 10.4 Å². The molecule has 0 saturated carbocycles. The van der Waals surface area contributed by atoms with E-state index in [9.17, 15) is 5.11 Å². The third-order valence-corrected chi connectivity index (χ3v) is 4.51. The van der Waals surface area contributed by atoms with Crippen LogP contribution in [0.2, 0.25) is 0 Å². The highest BCUT2D eigenvalue weighted by Crippen LogP contribution is 2.19. The Morgan fingerprint density at radius 3 is 2.42 bits per heavy atom. The summed E-state index contributed by atoms with van der Waals surface area (Å²) in [6, 6.07) is 14.2. The SMILES string of the molecule is CCc1ccc(CNC(C)C(O)c2ccccc2)s1. The average Bonchev–Trinajstić information content (AvgIpc) is 2.93. The fourth-order valence-electron chi connectivity index (χ4n) is 2.02. The van der Waals surface area contributed by atoms with Crippen molar-refractivity contribution >= 4 is 11.3 Å². The molecule has 0 saturated heterocycles. The zero-order valence-electron chi connectivity index (χ0n) is 11.5. The van der Waals surface area contributed by atoms with Crippen molar-refractivity contribution in [2.45, 2.75) is 39.0 Å². The summed E-state index contributed by atoms with van der Waals surface area (Å²) in [5.74, 6) is 0. The quantitative estimate of drug-likeness (QED) is 0.845. The lowest BCUT2D eigenvalue weighted by atomic mass is 10.0. The summed E-state index contributed by atoms with van der Waals surface area (Å²) in [6.45, 7) is 5.01. The molecule has 2 rings (SSSR count). The van der Waals surface area contributed by atoms with Crippen LogP contribution in [-0.4, -0.2) is 11.1 Å². The van der Waals surface area contributed by atoms with Crippen molar-refractivity contribution in [3.8, 4) is 0 Å². The number of aliphatic hydroxyl groups excluding tert-OH is 1. The van der Waals surface area contributed by atoms with Crippen LogP contribution >= 0.6 is 11.3 Å². The van der Waals surface area contributed by atoms with Crippen LogP contribution in [0.25, 0.3) is 0 Å². The Morgan fingerprint density at radius 1 is 1.11 bits per heavy atom. The second kappa shape index (κ2) is 6.85. The van der Waals surface area contributed by atoms with Crippen LogP contribution < -0.4 is 5.32 Å². The maximum absolute atomic E-state index is 10.3. The Labute approximate surface area is 119 Å². The summed E-state index contributed by atoms with van der Waals surface area (Å²) in [5.41, 5.74) is 0.961. The second-order valence-corrected chi connectivity index (χ2v) is 6.00. The lowest BCUT2D eigenvalue weighted by Crippen LogP contribution is -2.31. The Balaban J connectivity index is 1.88. The molecule has 0 amide bonds. The zero-order chi connectivity index (χ0) is 13.7. The molecular formula is C16H21NOS. The molecule has 0 aliphatic rings. The van der Waals surface area contributed by atoms with Gasteiger partial charge in [0.2, 0.25) is 0 Å². The highest BCUT2D eigenvalue weighted by Gasteiger charge is 2.15. The lowest BCUT2D eigenvalue weighted by molar-refractivity contribution is 0.135. The summed E-state index contributed by atoms with van der Waals surface area (Å²) in [4.78, 5) is 2.73. The summed E-state index contributed by atoms with van der Waals surface area (Å²) in [5, 5.41) is 13.7. The molecule has 0 aliphatic heterocycles. The van der Waals surface area contributed by atoms with Crippen LogP contribution in [0.5, 0.6) is 0 Å². The first-order valence-corrected chi connectivity index (χ1v) is 7.56. The molecular weight excluding hydrogens is 254 g/mol. The molecule has 0 radical (unpaired) electrons. The molecule has 19 heavy (non-hydrogen) atoms. The summed E-state index contributed by atoms with van der Waals surface area (Å²) >= 11 is 1.84. The van der Waals surface area contributed by atoms with Gasteiger partial charge in [-0.2, -0.15) is 0 Å². The Bertz CT molecular complexity index is 494. The van der Waals surface area contributed by atoms with Gasteiger partial charge in [-0.05, 0) is 31.0 Å². The van der Waals surface area contributed by atoms with E-state index in [-0.39, 0.29) is 6.04 Å². The van der Waals surface area contributed by atoms with Crippen molar-refractivity contribution in [3.63, 3.8) is 0 Å². The van der Waals surface area contributed by atoms with Gasteiger partial charge in [0, 0.05) is 22.3 Å². The van der Waals surface area contributed by atoms with Crippen LogP contribution in [-0.2, 0) is 13.0 Å². The molecule has 1 heterocycles. The van der Waals surface area contributed by atoms with E-state index in [0.717, 1.165) is 18.5 Å². The number of aliphatic hydroxyl groups is 1. The molecule has 102 valence electrons. The van der Waals surface area contributed by atoms with Gasteiger partial charge in [-0.15, -0.1) is 11.3 Å². The molecule has 2 atom stereocenters. The van der Waals surface area contributed by atoms with E-state index in [1.165, 1.54) is 9.75 Å². The maximum atomic E-state index is 10.3. The lowest BCUT2D eigenvalue weighted by Gasteiger charge is -2.20. The molecule has 3 heteroatoms. The van der Waals surface area contributed by atoms with E-state index in [0.29, 0.717) is 0 Å². The smallest absolute Gasteiger partial charge is 0.0940 e. The molecule has 0 spiro atoms. The Hall–Kier alpha value is -1.16. The first-order chi connectivity index (χ1) is 9.20. The summed E-state index contributed by atoms with van der Waals surface area (Å²) in [6.07, 6.45) is 0.624. The Kier molecular flexibility index (Phi) is 5.14. The second-order valence-electron chi connectivity index (χ2n) is 4.75. The van der Waals surface area contributed by atoms with Crippen molar-refractivity contribution in [2.24, 2.45) is 0 Å². The van der Waals surface area contributed by atoms with Crippen molar-refractivity contribution in [1.82, 2.24) is 5.32 Å². The largest absolute Gasteiger partial charge is 0.387 e. The molecule has 0 aliphatic carbocycles. The van der Waals surface area contributed by atoms with E-state index in [4.69, 9.17) is 0 Å². The number of nitrogens with one attached hydrogen (secondary N) is 1. The van der Waals surface area contributed by atoms with Gasteiger partial charge in [0.1, 0.15) is 0 Å². The van der Waals surface area contributed by atoms with E-state index in [1.807, 2.05) is 48.6 Å². The number of benzene rings is 1. The minimum atomic E-state index is -0.466. The number of aryl methyl sites for hydroxylation is 1. The fraction of sp³-hybridized carbons (Fsp3) is 0.375. The molecule has 1 aromatic carbocycles. The van der Waals surface area contributed by atoms with Gasteiger partial charge in [-0.1, -0.05) is 37.3 Å². The highest BCUT2D eigenvalue weighted by molar-refractivity contribution is 7.11. The molecule has 0 bridgehead atoms. The molecule has 2 nitrogen and oxygen atoms in total. The van der Waals surface area contributed by atoms with E-state index in [2.05, 4.69) is 24.4 Å². The van der Waals surface area contributed by atoms with Crippen molar-refractivity contribution in [1.29, 1.82) is 0 Å². The van der Waals surface area contributed by atoms with Crippen molar-refractivity contribution in [3.05, 3.63) is 57.8 Å². The monoisotopic (exact) mass is 275 g/mol. The van der Waals surface area contributed by atoms with E-state index < -0.39 is 6.10 Å². The molecule has 2 N–H and O–H groups in total. The molecule has 1 aromatic heterocycles. The topological polar surface area (TPSA) is 32.3 Å². The van der Waals surface area contributed by atoms with Crippen molar-refractivity contribution < 1.29 is 5.11 Å². The number of rotatable bonds is 6. The van der Waals surface area contributed by atoms with Crippen molar-refractivity contribution in [2.75, 3.05) is 0 Å². The third kappa shape index (κ3) is 3.90. The van der Waals surface area contributed by atoms with Gasteiger partial charge in [0.15, 0.2) is 0 Å². The number of hydrogen-bond acceptors (Lipinski definition) is 3. The number of hydrogen-bond donors (Lipinski definition) is 2. The minimum absolute atomic E-state index is 0.0366. The van der Waals surface area contributed by atoms with Crippen LogP contribution in [0.4, 0.5) is 0 Å². The van der Waals surface area contributed by atoms with E-state index >= 15 is 0 Å². The standard InChI is InChI=1S/C16H21NOS/c1-3-14-9-10-15(19-14)11-17-12(2)16(18)13-7-5-4-6-8-13/h4-10,12,16-18H,3,11H2,1-2H3. The maximum Gasteiger partial charge on any atom is 0.0940 e. The Morgan fingerprint density at radius 2 is 1.79 bits per heavy atom. The molecule has 2 aromatic rings. The minimum Gasteiger partial charge on any atom is -0.387 e. The normalized spacial score (nSPS) is 14.3. The predicted molar refractivity (Wildman–Crippen MR) is 81.4 cm³/mol. The summed E-state index contributed by atoms with van der Waals surface area (Å²) in [7, 11) is 0. The van der Waals surface area contributed by atoms with Crippen LogP contribution in [0.15, 0.2) is 42.5 Å². The zero-order valence-corrected chi connectivity index (χ0v) is 12.3. The third-order valence-electron chi connectivity index (χ3n) is 3.28. The van der Waals surface area contributed by atoms with Gasteiger partial charge in [-0.25, -0.2) is 0 Å². The van der Waals surface area contributed by atoms with Gasteiger partial charge >= 0.3 is 0 Å². The fourth-order valence-corrected chi connectivity index (χ4v) is 2.93. The van der Waals surface area contributed by atoms with Crippen LogP contribution in [0.3, 0.4) is 0 Å². The first-order valence-electron chi connectivity index (χ1n) is 6.74. The summed E-state index contributed by atoms with van der Waals surface area (Å²) < 4.78 is 0.